The van der Waals surface area contributed by atoms with E-state index in [2.05, 4.69) is 0 Å². The van der Waals surface area contributed by atoms with Gasteiger partial charge in [0.2, 0.25) is 0 Å². The molecule has 0 saturated carbocycles. The monoisotopic (exact) mass is 282 g/mol. The maximum Gasteiger partial charge on any atom is 0.307 e. The molecule has 1 atom stereocenters. The van der Waals surface area contributed by atoms with Crippen LogP contribution in [0.1, 0.15) is 34.0 Å². The summed E-state index contributed by atoms with van der Waals surface area (Å²) in [6, 6.07) is 14.6. The van der Waals surface area contributed by atoms with Crippen molar-refractivity contribution in [3.63, 3.8) is 0 Å². The van der Waals surface area contributed by atoms with Crippen LogP contribution in [-0.4, -0.2) is 16.9 Å². The molecule has 0 saturated heterocycles. The number of Topliss-reactive ketones (excluding diaryl/α,β-unsaturated/α-hetero) is 1. The minimum Gasteiger partial charge on any atom is -0.484 e. The first-order valence-electron chi connectivity index (χ1n) is 6.73. The van der Waals surface area contributed by atoms with E-state index in [1.165, 1.54) is 0 Å². The quantitative estimate of drug-likeness (QED) is 0.939. The fraction of sp³-hybridized carbons (Fsp3) is 0.176. The molecular formula is C17H14O4. The van der Waals surface area contributed by atoms with Crippen LogP contribution in [0.4, 0.5) is 0 Å². The Bertz CT molecular complexity index is 691. The van der Waals surface area contributed by atoms with Gasteiger partial charge in [0.25, 0.3) is 0 Å². The summed E-state index contributed by atoms with van der Waals surface area (Å²) in [6.45, 7) is 0. The lowest BCUT2D eigenvalue weighted by molar-refractivity contribution is -0.136. The third-order valence-electron chi connectivity index (χ3n) is 3.54. The molecule has 1 aliphatic rings. The number of rotatable bonds is 3. The van der Waals surface area contributed by atoms with Gasteiger partial charge < -0.3 is 9.84 Å². The highest BCUT2D eigenvalue weighted by molar-refractivity contribution is 6.00. The van der Waals surface area contributed by atoms with Gasteiger partial charge in [0.15, 0.2) is 5.78 Å². The molecule has 0 radical (unpaired) electrons. The van der Waals surface area contributed by atoms with Gasteiger partial charge in [-0.2, -0.15) is 0 Å². The van der Waals surface area contributed by atoms with Gasteiger partial charge in [0.05, 0.1) is 18.4 Å². The summed E-state index contributed by atoms with van der Waals surface area (Å²) in [5, 5.41) is 8.98. The lowest BCUT2D eigenvalue weighted by atomic mass is 9.94. The Labute approximate surface area is 122 Å². The van der Waals surface area contributed by atoms with Crippen molar-refractivity contribution in [2.45, 2.75) is 18.9 Å². The van der Waals surface area contributed by atoms with E-state index in [1.807, 2.05) is 30.3 Å². The van der Waals surface area contributed by atoms with Gasteiger partial charge in [-0.25, -0.2) is 0 Å². The second-order valence-electron chi connectivity index (χ2n) is 5.01. The van der Waals surface area contributed by atoms with Crippen LogP contribution in [0.3, 0.4) is 0 Å². The number of carboxylic acids is 1. The SMILES string of the molecule is O=C(O)Cc1cccc2c1OC(c1ccccc1)CC2=O. The summed E-state index contributed by atoms with van der Waals surface area (Å²) in [6.07, 6.45) is -0.243. The lowest BCUT2D eigenvalue weighted by Gasteiger charge is -2.27. The number of benzene rings is 2. The number of hydrogen-bond acceptors (Lipinski definition) is 3. The average Bonchev–Trinajstić information content (AvgIpc) is 2.48. The third-order valence-corrected chi connectivity index (χ3v) is 3.54. The number of carbonyl (C=O) groups excluding carboxylic acids is 1. The summed E-state index contributed by atoms with van der Waals surface area (Å²) < 4.78 is 5.94. The second-order valence-corrected chi connectivity index (χ2v) is 5.01. The Morgan fingerprint density at radius 2 is 1.90 bits per heavy atom. The highest BCUT2D eigenvalue weighted by Gasteiger charge is 2.29. The Kier molecular flexibility index (Phi) is 3.44. The summed E-state index contributed by atoms with van der Waals surface area (Å²) in [7, 11) is 0. The van der Waals surface area contributed by atoms with Crippen molar-refractivity contribution < 1.29 is 19.4 Å². The normalized spacial score (nSPS) is 17.0. The molecule has 4 nitrogen and oxygen atoms in total. The van der Waals surface area contributed by atoms with Crippen molar-refractivity contribution in [1.29, 1.82) is 0 Å². The van der Waals surface area contributed by atoms with Crippen LogP contribution in [0.15, 0.2) is 48.5 Å². The number of carboxylic acid groups (broad SMARTS) is 1. The van der Waals surface area contributed by atoms with Gasteiger partial charge >= 0.3 is 5.97 Å². The number of hydrogen-bond donors (Lipinski definition) is 1. The van der Waals surface area contributed by atoms with Crippen LogP contribution in [0, 0.1) is 0 Å². The molecule has 0 bridgehead atoms. The highest BCUT2D eigenvalue weighted by atomic mass is 16.5. The summed E-state index contributed by atoms with van der Waals surface area (Å²) in [5.41, 5.74) is 1.93. The lowest BCUT2D eigenvalue weighted by Crippen LogP contribution is -2.22. The predicted octanol–water partition coefficient (Wildman–Crippen LogP) is 3.02. The van der Waals surface area contributed by atoms with E-state index in [-0.39, 0.29) is 24.7 Å². The fourth-order valence-electron chi connectivity index (χ4n) is 2.56. The van der Waals surface area contributed by atoms with Gasteiger partial charge in [-0.3, -0.25) is 9.59 Å². The Balaban J connectivity index is 2.00. The van der Waals surface area contributed by atoms with Crippen LogP contribution in [-0.2, 0) is 11.2 Å². The molecule has 1 heterocycles. The Morgan fingerprint density at radius 3 is 2.62 bits per heavy atom. The van der Waals surface area contributed by atoms with Crippen LogP contribution in [0.2, 0.25) is 0 Å². The molecule has 1 aliphatic heterocycles. The minimum absolute atomic E-state index is 0.0164. The number of aliphatic carboxylic acids is 1. The molecular weight excluding hydrogens is 268 g/mol. The molecule has 1 unspecified atom stereocenters. The maximum atomic E-state index is 12.3. The Hall–Kier alpha value is -2.62. The summed E-state index contributed by atoms with van der Waals surface area (Å²) in [4.78, 5) is 23.2. The molecule has 2 aromatic rings. The van der Waals surface area contributed by atoms with Crippen LogP contribution >= 0.6 is 0 Å². The number of carbonyl (C=O) groups is 2. The fourth-order valence-corrected chi connectivity index (χ4v) is 2.56. The average molecular weight is 282 g/mol. The van der Waals surface area contributed by atoms with E-state index in [9.17, 15) is 9.59 Å². The van der Waals surface area contributed by atoms with E-state index < -0.39 is 5.97 Å². The molecule has 2 aromatic carbocycles. The van der Waals surface area contributed by atoms with Crippen LogP contribution in [0.5, 0.6) is 5.75 Å². The number of ketones is 1. The number of para-hydroxylation sites is 1. The van der Waals surface area contributed by atoms with E-state index in [0.29, 0.717) is 16.9 Å². The topological polar surface area (TPSA) is 63.6 Å². The molecule has 1 N–H and O–H groups in total. The molecule has 0 aliphatic carbocycles. The van der Waals surface area contributed by atoms with Gasteiger partial charge in [-0.1, -0.05) is 42.5 Å². The van der Waals surface area contributed by atoms with Crippen molar-refractivity contribution in [3.8, 4) is 5.75 Å². The molecule has 0 aromatic heterocycles. The third kappa shape index (κ3) is 2.65. The predicted molar refractivity (Wildman–Crippen MR) is 76.5 cm³/mol. The van der Waals surface area contributed by atoms with Crippen molar-refractivity contribution in [2.75, 3.05) is 0 Å². The first kappa shape index (κ1) is 13.4. The van der Waals surface area contributed by atoms with Crippen molar-refractivity contribution >= 4 is 11.8 Å². The molecule has 106 valence electrons. The van der Waals surface area contributed by atoms with E-state index in [4.69, 9.17) is 9.84 Å². The molecule has 0 fully saturated rings. The van der Waals surface area contributed by atoms with Gasteiger partial charge in [-0.15, -0.1) is 0 Å². The van der Waals surface area contributed by atoms with Crippen LogP contribution in [0.25, 0.3) is 0 Å². The van der Waals surface area contributed by atoms with Gasteiger partial charge in [0, 0.05) is 5.56 Å². The van der Waals surface area contributed by atoms with Crippen molar-refractivity contribution in [1.82, 2.24) is 0 Å². The smallest absolute Gasteiger partial charge is 0.307 e. The minimum atomic E-state index is -0.943. The summed E-state index contributed by atoms with van der Waals surface area (Å²) in [5.74, 6) is -0.552. The molecule has 0 amide bonds. The zero-order chi connectivity index (χ0) is 14.8. The van der Waals surface area contributed by atoms with E-state index in [1.54, 1.807) is 18.2 Å². The molecule has 3 rings (SSSR count). The second kappa shape index (κ2) is 5.40. The van der Waals surface area contributed by atoms with Gasteiger partial charge in [-0.05, 0) is 11.6 Å². The zero-order valence-corrected chi connectivity index (χ0v) is 11.3. The van der Waals surface area contributed by atoms with Gasteiger partial charge in [0.1, 0.15) is 11.9 Å². The van der Waals surface area contributed by atoms with E-state index >= 15 is 0 Å². The number of fused-ring (bicyclic) bond motifs is 1. The van der Waals surface area contributed by atoms with Crippen LogP contribution < -0.4 is 4.74 Å². The largest absolute Gasteiger partial charge is 0.484 e. The standard InChI is InChI=1S/C17H14O4/c18-14-10-15(11-5-2-1-3-6-11)21-17-12(9-16(19)20)7-4-8-13(14)17/h1-8,15H,9-10H2,(H,19,20). The maximum absolute atomic E-state index is 12.3. The van der Waals surface area contributed by atoms with Crippen molar-refractivity contribution in [2.24, 2.45) is 0 Å². The molecule has 21 heavy (non-hydrogen) atoms. The molecule has 4 heteroatoms. The first-order chi connectivity index (χ1) is 10.1. The van der Waals surface area contributed by atoms with Crippen molar-refractivity contribution in [3.05, 3.63) is 65.2 Å². The summed E-state index contributed by atoms with van der Waals surface area (Å²) >= 11 is 0. The first-order valence-corrected chi connectivity index (χ1v) is 6.73. The van der Waals surface area contributed by atoms with E-state index in [0.717, 1.165) is 5.56 Å². The zero-order valence-electron chi connectivity index (χ0n) is 11.3. The number of ether oxygens (including phenoxy) is 1. The Morgan fingerprint density at radius 1 is 1.14 bits per heavy atom. The highest BCUT2D eigenvalue weighted by Crippen LogP contribution is 2.37. The molecule has 0 spiro atoms.